The van der Waals surface area contributed by atoms with E-state index in [1.54, 1.807) is 19.2 Å². The minimum atomic E-state index is -0.319. The van der Waals surface area contributed by atoms with Crippen molar-refractivity contribution in [2.45, 2.75) is 32.9 Å². The summed E-state index contributed by atoms with van der Waals surface area (Å²) in [6, 6.07) is 3.37. The van der Waals surface area contributed by atoms with Crippen LogP contribution in [0.25, 0.3) is 0 Å². The van der Waals surface area contributed by atoms with Gasteiger partial charge in [0.05, 0.1) is 18.5 Å². The average molecular weight is 358 g/mol. The zero-order valence-electron chi connectivity index (χ0n) is 14.8. The summed E-state index contributed by atoms with van der Waals surface area (Å²) in [5.74, 6) is 0.482. The maximum atomic E-state index is 14.4. The Bertz CT molecular complexity index is 861. The molecule has 1 aromatic heterocycles. The van der Waals surface area contributed by atoms with Crippen LogP contribution in [0.15, 0.2) is 23.1 Å². The number of anilines is 1. The zero-order chi connectivity index (χ0) is 18.1. The van der Waals surface area contributed by atoms with Gasteiger partial charge < -0.3 is 15.0 Å². The van der Waals surface area contributed by atoms with Crippen molar-refractivity contribution in [2.24, 2.45) is 5.92 Å². The molecule has 2 N–H and O–H groups in total. The van der Waals surface area contributed by atoms with E-state index in [0.717, 1.165) is 42.7 Å². The van der Waals surface area contributed by atoms with E-state index in [2.05, 4.69) is 15.5 Å². The fraction of sp³-hybridized carbons (Fsp3) is 0.474. The summed E-state index contributed by atoms with van der Waals surface area (Å²) in [7, 11) is 0. The molecular weight excluding hydrogens is 335 g/mol. The summed E-state index contributed by atoms with van der Waals surface area (Å²) >= 11 is 0. The first-order chi connectivity index (χ1) is 12.6. The van der Waals surface area contributed by atoms with Gasteiger partial charge in [-0.25, -0.2) is 9.49 Å². The Kier molecular flexibility index (Phi) is 4.63. The van der Waals surface area contributed by atoms with Crippen LogP contribution in [0.5, 0.6) is 5.75 Å². The standard InChI is InChI=1S/C19H23FN4O2/c1-12-17(8-22-23-19(12)25)24-9-14-6-16(20)18(7-15(14)10-24)26-11-13-2-4-21-5-3-13/h6-8,13,21H,2-5,9-11H2,1H3,(H,23,25). The number of aromatic amines is 1. The van der Waals surface area contributed by atoms with Crippen LogP contribution in [0.2, 0.25) is 0 Å². The number of halogens is 1. The summed E-state index contributed by atoms with van der Waals surface area (Å²) in [6.07, 6.45) is 3.78. The molecule has 0 amide bonds. The molecule has 0 saturated carbocycles. The van der Waals surface area contributed by atoms with Crippen LogP contribution in [-0.2, 0) is 13.1 Å². The molecule has 0 unspecified atom stereocenters. The Hall–Kier alpha value is -2.41. The second-order valence-electron chi connectivity index (χ2n) is 7.12. The number of nitrogens with zero attached hydrogens (tertiary/aromatic N) is 2. The molecule has 7 heteroatoms. The van der Waals surface area contributed by atoms with E-state index in [1.165, 1.54) is 0 Å². The zero-order valence-corrected chi connectivity index (χ0v) is 14.8. The highest BCUT2D eigenvalue weighted by molar-refractivity contribution is 5.55. The molecule has 26 heavy (non-hydrogen) atoms. The van der Waals surface area contributed by atoms with Gasteiger partial charge in [0.15, 0.2) is 11.6 Å². The second-order valence-corrected chi connectivity index (χ2v) is 7.12. The lowest BCUT2D eigenvalue weighted by Crippen LogP contribution is -2.30. The number of ether oxygens (including phenoxy) is 1. The van der Waals surface area contributed by atoms with Gasteiger partial charge in [-0.15, -0.1) is 0 Å². The van der Waals surface area contributed by atoms with Gasteiger partial charge in [0, 0.05) is 18.7 Å². The molecule has 2 aromatic rings. The highest BCUT2D eigenvalue weighted by Gasteiger charge is 2.24. The van der Waals surface area contributed by atoms with Gasteiger partial charge in [-0.05, 0) is 62.0 Å². The lowest BCUT2D eigenvalue weighted by atomic mass is 9.99. The molecule has 1 aromatic carbocycles. The predicted octanol–water partition coefficient (Wildman–Crippen LogP) is 2.12. The lowest BCUT2D eigenvalue weighted by Gasteiger charge is -2.22. The van der Waals surface area contributed by atoms with E-state index in [-0.39, 0.29) is 11.4 Å². The van der Waals surface area contributed by atoms with Gasteiger partial charge in [-0.2, -0.15) is 5.10 Å². The van der Waals surface area contributed by atoms with Crippen LogP contribution in [0.4, 0.5) is 10.1 Å². The highest BCUT2D eigenvalue weighted by Crippen LogP contribution is 2.33. The molecular formula is C19H23FN4O2. The molecule has 6 nitrogen and oxygen atoms in total. The normalized spacial score (nSPS) is 17.4. The molecule has 3 heterocycles. The molecule has 0 spiro atoms. The van der Waals surface area contributed by atoms with Gasteiger partial charge in [0.1, 0.15) is 0 Å². The maximum Gasteiger partial charge on any atom is 0.269 e. The number of fused-ring (bicyclic) bond motifs is 1. The number of rotatable bonds is 4. The summed E-state index contributed by atoms with van der Waals surface area (Å²) in [4.78, 5) is 13.8. The van der Waals surface area contributed by atoms with Crippen LogP contribution in [-0.4, -0.2) is 29.9 Å². The Morgan fingerprint density at radius 2 is 2.00 bits per heavy atom. The number of piperidine rings is 1. The third kappa shape index (κ3) is 3.31. The molecule has 0 atom stereocenters. The van der Waals surface area contributed by atoms with E-state index in [4.69, 9.17) is 4.74 Å². The number of benzene rings is 1. The number of H-pyrrole nitrogens is 1. The predicted molar refractivity (Wildman–Crippen MR) is 97.0 cm³/mol. The van der Waals surface area contributed by atoms with Gasteiger partial charge in [-0.1, -0.05) is 0 Å². The van der Waals surface area contributed by atoms with Crippen molar-refractivity contribution in [2.75, 3.05) is 24.6 Å². The number of nitrogens with one attached hydrogen (secondary N) is 2. The molecule has 1 fully saturated rings. The van der Waals surface area contributed by atoms with Gasteiger partial charge >= 0.3 is 0 Å². The molecule has 0 bridgehead atoms. The summed E-state index contributed by atoms with van der Waals surface area (Å²) < 4.78 is 20.2. The average Bonchev–Trinajstić information content (AvgIpc) is 3.05. The van der Waals surface area contributed by atoms with Crippen molar-refractivity contribution in [1.29, 1.82) is 0 Å². The summed E-state index contributed by atoms with van der Waals surface area (Å²) in [6.45, 7) is 5.50. The second kappa shape index (κ2) is 7.07. The fourth-order valence-corrected chi connectivity index (χ4v) is 3.70. The lowest BCUT2D eigenvalue weighted by molar-refractivity contribution is 0.208. The molecule has 2 aliphatic heterocycles. The Morgan fingerprint density at radius 3 is 2.77 bits per heavy atom. The van der Waals surface area contributed by atoms with Crippen molar-refractivity contribution in [3.05, 3.63) is 51.2 Å². The van der Waals surface area contributed by atoms with Crippen LogP contribution in [0.1, 0.15) is 29.5 Å². The molecule has 1 saturated heterocycles. The van der Waals surface area contributed by atoms with Crippen LogP contribution in [0.3, 0.4) is 0 Å². The van der Waals surface area contributed by atoms with E-state index in [1.807, 2.05) is 11.0 Å². The molecule has 138 valence electrons. The van der Waals surface area contributed by atoms with Crippen LogP contribution < -0.4 is 20.5 Å². The van der Waals surface area contributed by atoms with Crippen LogP contribution >= 0.6 is 0 Å². The minimum Gasteiger partial charge on any atom is -0.490 e. The smallest absolute Gasteiger partial charge is 0.269 e. The molecule has 0 radical (unpaired) electrons. The SMILES string of the molecule is Cc1c(N2Cc3cc(F)c(OCC4CCNCC4)cc3C2)cn[nH]c1=O. The van der Waals surface area contributed by atoms with Crippen molar-refractivity contribution >= 4 is 5.69 Å². The van der Waals surface area contributed by atoms with E-state index in [0.29, 0.717) is 36.9 Å². The maximum absolute atomic E-state index is 14.4. The molecule has 4 rings (SSSR count). The van der Waals surface area contributed by atoms with Crippen molar-refractivity contribution in [3.63, 3.8) is 0 Å². The quantitative estimate of drug-likeness (QED) is 0.876. The number of hydrogen-bond acceptors (Lipinski definition) is 5. The fourth-order valence-electron chi connectivity index (χ4n) is 3.70. The van der Waals surface area contributed by atoms with Crippen molar-refractivity contribution in [3.8, 4) is 5.75 Å². The largest absolute Gasteiger partial charge is 0.490 e. The third-order valence-electron chi connectivity index (χ3n) is 5.33. The van der Waals surface area contributed by atoms with E-state index in [9.17, 15) is 9.18 Å². The molecule has 0 aliphatic carbocycles. The first-order valence-corrected chi connectivity index (χ1v) is 9.06. The Morgan fingerprint density at radius 1 is 1.27 bits per heavy atom. The summed E-state index contributed by atoms with van der Waals surface area (Å²) in [5.41, 5.74) is 3.16. The van der Waals surface area contributed by atoms with Gasteiger partial charge in [-0.3, -0.25) is 4.79 Å². The summed E-state index contributed by atoms with van der Waals surface area (Å²) in [5, 5.41) is 9.64. The monoisotopic (exact) mass is 358 g/mol. The van der Waals surface area contributed by atoms with Gasteiger partial charge in [0.2, 0.25) is 0 Å². The third-order valence-corrected chi connectivity index (χ3v) is 5.33. The number of hydrogen-bond donors (Lipinski definition) is 2. The minimum absolute atomic E-state index is 0.198. The molecule has 2 aliphatic rings. The van der Waals surface area contributed by atoms with E-state index >= 15 is 0 Å². The first kappa shape index (κ1) is 17.0. The Labute approximate surface area is 151 Å². The highest BCUT2D eigenvalue weighted by atomic mass is 19.1. The number of aromatic nitrogens is 2. The topological polar surface area (TPSA) is 70.2 Å². The first-order valence-electron chi connectivity index (χ1n) is 9.06. The van der Waals surface area contributed by atoms with Crippen molar-refractivity contribution in [1.82, 2.24) is 15.5 Å². The van der Waals surface area contributed by atoms with Crippen molar-refractivity contribution < 1.29 is 9.13 Å². The van der Waals surface area contributed by atoms with Crippen LogP contribution in [0, 0.1) is 18.7 Å². The Balaban J connectivity index is 1.50. The van der Waals surface area contributed by atoms with Gasteiger partial charge in [0.25, 0.3) is 5.56 Å². The van der Waals surface area contributed by atoms with E-state index < -0.39 is 0 Å².